The number of thioether (sulfide) groups is 1. The van der Waals surface area contributed by atoms with E-state index in [9.17, 15) is 0 Å². The molecule has 1 aliphatic heterocycles. The van der Waals surface area contributed by atoms with Gasteiger partial charge in [0.2, 0.25) is 0 Å². The lowest BCUT2D eigenvalue weighted by Crippen LogP contribution is -2.05. The smallest absolute Gasteiger partial charge is 0.0584 e. The first kappa shape index (κ1) is 12.1. The van der Waals surface area contributed by atoms with Gasteiger partial charge in [-0.3, -0.25) is 0 Å². The van der Waals surface area contributed by atoms with Crippen LogP contribution in [-0.2, 0) is 4.74 Å². The Morgan fingerprint density at radius 2 is 2.38 bits per heavy atom. The molecule has 1 aromatic rings. The van der Waals surface area contributed by atoms with E-state index in [0.29, 0.717) is 6.10 Å². The Balaban J connectivity index is 1.82. The van der Waals surface area contributed by atoms with Crippen LogP contribution in [0, 0.1) is 0 Å². The lowest BCUT2D eigenvalue weighted by atomic mass is 10.2. The molecule has 0 aromatic heterocycles. The zero-order valence-corrected chi connectivity index (χ0v) is 10.7. The van der Waals surface area contributed by atoms with E-state index >= 15 is 0 Å². The summed E-state index contributed by atoms with van der Waals surface area (Å²) in [6.07, 6.45) is 3.95. The first-order chi connectivity index (χ1) is 7.75. The normalized spacial score (nSPS) is 20.2. The van der Waals surface area contributed by atoms with Gasteiger partial charge < -0.3 is 10.5 Å². The molecule has 88 valence electrons. The van der Waals surface area contributed by atoms with E-state index in [-0.39, 0.29) is 0 Å². The molecule has 0 radical (unpaired) electrons. The molecule has 1 unspecified atom stereocenters. The Morgan fingerprint density at radius 1 is 1.50 bits per heavy atom. The van der Waals surface area contributed by atoms with Crippen molar-refractivity contribution in [2.75, 3.05) is 18.1 Å². The molecule has 1 aliphatic rings. The molecule has 1 aromatic carbocycles. The fraction of sp³-hybridized carbons (Fsp3) is 0.500. The number of halogens is 1. The maximum absolute atomic E-state index is 6.08. The summed E-state index contributed by atoms with van der Waals surface area (Å²) in [5.41, 5.74) is 6.49. The number of hydrogen-bond donors (Lipinski definition) is 1. The Morgan fingerprint density at radius 3 is 3.12 bits per heavy atom. The van der Waals surface area contributed by atoms with E-state index in [1.54, 1.807) is 11.8 Å². The van der Waals surface area contributed by atoms with Crippen LogP contribution in [0.1, 0.15) is 19.3 Å². The molecule has 2 rings (SSSR count). The molecule has 1 fully saturated rings. The van der Waals surface area contributed by atoms with Gasteiger partial charge in [-0.1, -0.05) is 11.6 Å². The summed E-state index contributed by atoms with van der Waals surface area (Å²) >= 11 is 7.84. The predicted octanol–water partition coefficient (Wildman–Crippen LogP) is 3.58. The van der Waals surface area contributed by atoms with E-state index in [1.165, 1.54) is 12.8 Å². The molecule has 0 spiro atoms. The lowest BCUT2D eigenvalue weighted by molar-refractivity contribution is 0.109. The largest absolute Gasteiger partial charge is 0.399 e. The summed E-state index contributed by atoms with van der Waals surface area (Å²) in [6.45, 7) is 0.925. The Kier molecular flexibility index (Phi) is 4.38. The molecule has 1 saturated heterocycles. The summed E-state index contributed by atoms with van der Waals surface area (Å²) in [4.78, 5) is 1.07. The van der Waals surface area contributed by atoms with Crippen LogP contribution in [0.15, 0.2) is 23.1 Å². The van der Waals surface area contributed by atoms with Crippen LogP contribution in [0.25, 0.3) is 0 Å². The van der Waals surface area contributed by atoms with Crippen molar-refractivity contribution in [3.05, 3.63) is 23.2 Å². The van der Waals surface area contributed by atoms with Gasteiger partial charge in [0.15, 0.2) is 0 Å². The van der Waals surface area contributed by atoms with E-state index in [1.807, 2.05) is 18.2 Å². The fourth-order valence-electron chi connectivity index (χ4n) is 1.80. The summed E-state index contributed by atoms with van der Waals surface area (Å²) in [6, 6.07) is 5.61. The van der Waals surface area contributed by atoms with Gasteiger partial charge >= 0.3 is 0 Å². The molecular formula is C12H16ClNOS. The van der Waals surface area contributed by atoms with Crippen LogP contribution in [0.5, 0.6) is 0 Å². The molecule has 16 heavy (non-hydrogen) atoms. The minimum Gasteiger partial charge on any atom is -0.399 e. The summed E-state index contributed by atoms with van der Waals surface area (Å²) in [5, 5.41) is 0.784. The number of nitrogen functional groups attached to an aromatic ring is 1. The maximum Gasteiger partial charge on any atom is 0.0584 e. The SMILES string of the molecule is Nc1ccc(Cl)c(SCCC2CCCO2)c1. The van der Waals surface area contributed by atoms with Crippen LogP contribution >= 0.6 is 23.4 Å². The lowest BCUT2D eigenvalue weighted by Gasteiger charge is -2.09. The number of hydrogen-bond acceptors (Lipinski definition) is 3. The number of nitrogens with two attached hydrogens (primary N) is 1. The molecule has 0 saturated carbocycles. The second-order valence-corrected chi connectivity index (χ2v) is 5.51. The van der Waals surface area contributed by atoms with E-state index in [0.717, 1.165) is 34.4 Å². The highest BCUT2D eigenvalue weighted by atomic mass is 35.5. The number of rotatable bonds is 4. The molecule has 1 heterocycles. The van der Waals surface area contributed by atoms with Crippen LogP contribution in [-0.4, -0.2) is 18.5 Å². The maximum atomic E-state index is 6.08. The van der Waals surface area contributed by atoms with Crippen molar-refractivity contribution in [3.63, 3.8) is 0 Å². The molecule has 0 bridgehead atoms. The number of ether oxygens (including phenoxy) is 1. The highest BCUT2D eigenvalue weighted by Crippen LogP contribution is 2.30. The van der Waals surface area contributed by atoms with Gasteiger partial charge in [0.25, 0.3) is 0 Å². The standard InChI is InChI=1S/C12H16ClNOS/c13-11-4-3-9(14)8-12(11)16-7-5-10-2-1-6-15-10/h3-4,8,10H,1-2,5-7,14H2. The molecule has 1 atom stereocenters. The molecule has 2 N–H and O–H groups in total. The topological polar surface area (TPSA) is 35.2 Å². The quantitative estimate of drug-likeness (QED) is 0.661. The van der Waals surface area contributed by atoms with Gasteiger partial charge in [-0.15, -0.1) is 11.8 Å². The van der Waals surface area contributed by atoms with Crippen LogP contribution < -0.4 is 5.73 Å². The zero-order valence-electron chi connectivity index (χ0n) is 9.12. The average molecular weight is 258 g/mol. The van der Waals surface area contributed by atoms with E-state index in [2.05, 4.69) is 0 Å². The van der Waals surface area contributed by atoms with E-state index in [4.69, 9.17) is 22.1 Å². The third-order valence-electron chi connectivity index (χ3n) is 2.68. The highest BCUT2D eigenvalue weighted by Gasteiger charge is 2.15. The van der Waals surface area contributed by atoms with Crippen LogP contribution in [0.2, 0.25) is 5.02 Å². The molecule has 0 amide bonds. The van der Waals surface area contributed by atoms with Crippen molar-refractivity contribution >= 4 is 29.1 Å². The zero-order chi connectivity index (χ0) is 11.4. The third kappa shape index (κ3) is 3.30. The Bertz CT molecular complexity index is 353. The fourth-order valence-corrected chi connectivity index (χ4v) is 3.11. The predicted molar refractivity (Wildman–Crippen MR) is 70.2 cm³/mol. The first-order valence-electron chi connectivity index (χ1n) is 5.55. The van der Waals surface area contributed by atoms with Gasteiger partial charge in [-0.2, -0.15) is 0 Å². The van der Waals surface area contributed by atoms with Crippen molar-refractivity contribution in [2.45, 2.75) is 30.3 Å². The summed E-state index contributed by atoms with van der Waals surface area (Å²) in [7, 11) is 0. The van der Waals surface area contributed by atoms with Crippen molar-refractivity contribution in [1.82, 2.24) is 0 Å². The van der Waals surface area contributed by atoms with Crippen molar-refractivity contribution in [2.24, 2.45) is 0 Å². The molecule has 4 heteroatoms. The van der Waals surface area contributed by atoms with Crippen molar-refractivity contribution in [1.29, 1.82) is 0 Å². The highest BCUT2D eigenvalue weighted by molar-refractivity contribution is 7.99. The van der Waals surface area contributed by atoms with E-state index < -0.39 is 0 Å². The summed E-state index contributed by atoms with van der Waals surface area (Å²) < 4.78 is 5.57. The number of benzene rings is 1. The van der Waals surface area contributed by atoms with Gasteiger partial charge in [0.1, 0.15) is 0 Å². The third-order valence-corrected chi connectivity index (χ3v) is 4.21. The first-order valence-corrected chi connectivity index (χ1v) is 6.91. The van der Waals surface area contributed by atoms with Crippen LogP contribution in [0.3, 0.4) is 0 Å². The van der Waals surface area contributed by atoms with Crippen LogP contribution in [0.4, 0.5) is 5.69 Å². The Labute approximate surface area is 105 Å². The van der Waals surface area contributed by atoms with Gasteiger partial charge in [0, 0.05) is 22.9 Å². The molecule has 0 aliphatic carbocycles. The van der Waals surface area contributed by atoms with Gasteiger partial charge in [-0.25, -0.2) is 0 Å². The summed E-state index contributed by atoms with van der Waals surface area (Å²) in [5.74, 6) is 1.04. The number of anilines is 1. The Hall–Kier alpha value is -0.380. The average Bonchev–Trinajstić information content (AvgIpc) is 2.76. The van der Waals surface area contributed by atoms with Crippen molar-refractivity contribution in [3.8, 4) is 0 Å². The minimum absolute atomic E-state index is 0.451. The monoisotopic (exact) mass is 257 g/mol. The van der Waals surface area contributed by atoms with Crippen molar-refractivity contribution < 1.29 is 4.74 Å². The molecular weight excluding hydrogens is 242 g/mol. The molecule has 2 nitrogen and oxygen atoms in total. The van der Waals surface area contributed by atoms with Gasteiger partial charge in [0.05, 0.1) is 11.1 Å². The van der Waals surface area contributed by atoms with Gasteiger partial charge in [-0.05, 0) is 37.5 Å². The second kappa shape index (κ2) is 5.80. The minimum atomic E-state index is 0.451. The second-order valence-electron chi connectivity index (χ2n) is 3.96.